The maximum absolute atomic E-state index is 5.38. The predicted molar refractivity (Wildman–Crippen MR) is 102 cm³/mol. The molecule has 0 aliphatic carbocycles. The van der Waals surface area contributed by atoms with Crippen molar-refractivity contribution in [3.63, 3.8) is 0 Å². The molecule has 0 radical (unpaired) electrons. The van der Waals surface area contributed by atoms with Gasteiger partial charge in [0.15, 0.2) is 0 Å². The van der Waals surface area contributed by atoms with Crippen molar-refractivity contribution in [1.82, 2.24) is 9.55 Å². The first-order chi connectivity index (χ1) is 12.3. The van der Waals surface area contributed by atoms with Gasteiger partial charge in [-0.25, -0.2) is 4.98 Å². The summed E-state index contributed by atoms with van der Waals surface area (Å²) in [7, 11) is 3.38. The van der Waals surface area contributed by atoms with Gasteiger partial charge in [0.1, 0.15) is 17.3 Å². The molecule has 2 aromatic carbocycles. The zero-order valence-corrected chi connectivity index (χ0v) is 15.3. The maximum atomic E-state index is 5.38. The highest BCUT2D eigenvalue weighted by Crippen LogP contribution is 2.29. The van der Waals surface area contributed by atoms with Gasteiger partial charge in [-0.3, -0.25) is 0 Å². The summed E-state index contributed by atoms with van der Waals surface area (Å²) < 4.78 is 13.1. The largest absolute Gasteiger partial charge is 0.497 e. The SMILES string of the molecule is CCCCCCn1c(-c2cccc(OC)c2)nc2cc(OC)ccc21. The lowest BCUT2D eigenvalue weighted by atomic mass is 10.2. The van der Waals surface area contributed by atoms with Gasteiger partial charge in [0.2, 0.25) is 0 Å². The summed E-state index contributed by atoms with van der Waals surface area (Å²) >= 11 is 0. The number of methoxy groups -OCH3 is 2. The Hall–Kier alpha value is -2.49. The minimum Gasteiger partial charge on any atom is -0.497 e. The van der Waals surface area contributed by atoms with Crippen LogP contribution in [-0.2, 0) is 6.54 Å². The third-order valence-electron chi connectivity index (χ3n) is 4.52. The van der Waals surface area contributed by atoms with Crippen molar-refractivity contribution in [2.75, 3.05) is 14.2 Å². The number of aromatic nitrogens is 2. The van der Waals surface area contributed by atoms with Crippen LogP contribution in [-0.4, -0.2) is 23.8 Å². The summed E-state index contributed by atoms with van der Waals surface area (Å²) in [5, 5.41) is 0. The minimum absolute atomic E-state index is 0.834. The van der Waals surface area contributed by atoms with Crippen LogP contribution in [0.2, 0.25) is 0 Å². The fraction of sp³-hybridized carbons (Fsp3) is 0.381. The molecule has 3 aromatic rings. The number of nitrogens with zero attached hydrogens (tertiary/aromatic N) is 2. The molecule has 0 fully saturated rings. The summed E-state index contributed by atoms with van der Waals surface area (Å²) in [4.78, 5) is 4.89. The highest BCUT2D eigenvalue weighted by atomic mass is 16.5. The van der Waals surface area contributed by atoms with Crippen molar-refractivity contribution in [3.8, 4) is 22.9 Å². The molecule has 0 unspecified atom stereocenters. The number of benzene rings is 2. The van der Waals surface area contributed by atoms with Crippen molar-refractivity contribution >= 4 is 11.0 Å². The average molecular weight is 338 g/mol. The quantitative estimate of drug-likeness (QED) is 0.523. The molecular weight excluding hydrogens is 312 g/mol. The zero-order chi connectivity index (χ0) is 17.6. The zero-order valence-electron chi connectivity index (χ0n) is 15.3. The summed E-state index contributed by atoms with van der Waals surface area (Å²) in [6, 6.07) is 14.2. The van der Waals surface area contributed by atoms with Crippen LogP contribution < -0.4 is 9.47 Å². The van der Waals surface area contributed by atoms with E-state index in [4.69, 9.17) is 14.5 Å². The van der Waals surface area contributed by atoms with Crippen molar-refractivity contribution in [3.05, 3.63) is 42.5 Å². The van der Waals surface area contributed by atoms with Crippen molar-refractivity contribution < 1.29 is 9.47 Å². The predicted octanol–water partition coefficient (Wildman–Crippen LogP) is 5.30. The summed E-state index contributed by atoms with van der Waals surface area (Å²) in [6.45, 7) is 3.20. The molecule has 4 heteroatoms. The minimum atomic E-state index is 0.834. The number of hydrogen-bond acceptors (Lipinski definition) is 3. The molecule has 0 saturated heterocycles. The van der Waals surface area contributed by atoms with E-state index < -0.39 is 0 Å². The first kappa shape index (κ1) is 17.3. The second kappa shape index (κ2) is 8.06. The number of rotatable bonds is 8. The van der Waals surface area contributed by atoms with Gasteiger partial charge in [0.05, 0.1) is 25.3 Å². The van der Waals surface area contributed by atoms with Crippen molar-refractivity contribution in [2.45, 2.75) is 39.2 Å². The van der Waals surface area contributed by atoms with E-state index in [0.717, 1.165) is 46.9 Å². The van der Waals surface area contributed by atoms with Gasteiger partial charge in [-0.1, -0.05) is 38.3 Å². The van der Waals surface area contributed by atoms with Gasteiger partial charge >= 0.3 is 0 Å². The molecule has 0 spiro atoms. The Kier molecular flexibility index (Phi) is 5.59. The van der Waals surface area contributed by atoms with Crippen LogP contribution in [0.25, 0.3) is 22.4 Å². The Bertz CT molecular complexity index is 839. The van der Waals surface area contributed by atoms with E-state index in [-0.39, 0.29) is 0 Å². The van der Waals surface area contributed by atoms with Crippen LogP contribution in [0.15, 0.2) is 42.5 Å². The number of unbranched alkanes of at least 4 members (excludes halogenated alkanes) is 3. The smallest absolute Gasteiger partial charge is 0.141 e. The second-order valence-electron chi connectivity index (χ2n) is 6.23. The molecule has 0 aliphatic rings. The number of hydrogen-bond donors (Lipinski definition) is 0. The van der Waals surface area contributed by atoms with Crippen LogP contribution in [0.1, 0.15) is 32.6 Å². The molecule has 132 valence electrons. The van der Waals surface area contributed by atoms with Gasteiger partial charge in [-0.15, -0.1) is 0 Å². The van der Waals surface area contributed by atoms with Crippen LogP contribution in [0, 0.1) is 0 Å². The van der Waals surface area contributed by atoms with Gasteiger partial charge in [-0.2, -0.15) is 0 Å². The fourth-order valence-corrected chi connectivity index (χ4v) is 3.14. The lowest BCUT2D eigenvalue weighted by Crippen LogP contribution is -2.01. The first-order valence-electron chi connectivity index (χ1n) is 8.95. The van der Waals surface area contributed by atoms with Gasteiger partial charge in [-0.05, 0) is 30.7 Å². The van der Waals surface area contributed by atoms with Crippen LogP contribution in [0.3, 0.4) is 0 Å². The van der Waals surface area contributed by atoms with E-state index in [1.165, 1.54) is 19.3 Å². The average Bonchev–Trinajstić information content (AvgIpc) is 3.03. The van der Waals surface area contributed by atoms with Crippen LogP contribution >= 0.6 is 0 Å². The third-order valence-corrected chi connectivity index (χ3v) is 4.52. The Balaban J connectivity index is 2.04. The molecule has 0 saturated carbocycles. The number of aryl methyl sites for hydroxylation is 1. The second-order valence-corrected chi connectivity index (χ2v) is 6.23. The van der Waals surface area contributed by atoms with Crippen molar-refractivity contribution in [2.24, 2.45) is 0 Å². The summed E-state index contributed by atoms with van der Waals surface area (Å²) in [6.07, 6.45) is 4.91. The molecule has 3 rings (SSSR count). The molecule has 0 N–H and O–H groups in total. The van der Waals surface area contributed by atoms with Gasteiger partial charge < -0.3 is 14.0 Å². The van der Waals surface area contributed by atoms with Crippen LogP contribution in [0.5, 0.6) is 11.5 Å². The monoisotopic (exact) mass is 338 g/mol. The van der Waals surface area contributed by atoms with E-state index in [1.807, 2.05) is 30.3 Å². The highest BCUT2D eigenvalue weighted by molar-refractivity contribution is 5.82. The lowest BCUT2D eigenvalue weighted by molar-refractivity contribution is 0.415. The molecule has 0 amide bonds. The molecular formula is C21H26N2O2. The Morgan fingerprint density at radius 2 is 1.72 bits per heavy atom. The summed E-state index contributed by atoms with van der Waals surface area (Å²) in [5.74, 6) is 2.67. The maximum Gasteiger partial charge on any atom is 0.141 e. The van der Waals surface area contributed by atoms with Gasteiger partial charge in [0, 0.05) is 18.2 Å². The van der Waals surface area contributed by atoms with Crippen LogP contribution in [0.4, 0.5) is 0 Å². The molecule has 0 bridgehead atoms. The molecule has 1 aromatic heterocycles. The standard InChI is InChI=1S/C21H26N2O2/c1-4-5-6-7-13-23-20-12-11-18(25-3)15-19(20)22-21(23)16-9-8-10-17(14-16)24-2/h8-12,14-15H,4-7,13H2,1-3H3. The first-order valence-corrected chi connectivity index (χ1v) is 8.95. The molecule has 4 nitrogen and oxygen atoms in total. The molecule has 25 heavy (non-hydrogen) atoms. The highest BCUT2D eigenvalue weighted by Gasteiger charge is 2.14. The van der Waals surface area contributed by atoms with E-state index in [2.05, 4.69) is 23.6 Å². The number of imidazole rings is 1. The number of fused-ring (bicyclic) bond motifs is 1. The Labute approximate surface area is 149 Å². The van der Waals surface area contributed by atoms with E-state index in [0.29, 0.717) is 0 Å². The third kappa shape index (κ3) is 3.78. The number of ether oxygens (including phenoxy) is 2. The topological polar surface area (TPSA) is 36.3 Å². The Morgan fingerprint density at radius 1 is 0.920 bits per heavy atom. The Morgan fingerprint density at radius 3 is 2.48 bits per heavy atom. The molecule has 1 heterocycles. The van der Waals surface area contributed by atoms with E-state index in [9.17, 15) is 0 Å². The summed E-state index contributed by atoms with van der Waals surface area (Å²) in [5.41, 5.74) is 3.19. The lowest BCUT2D eigenvalue weighted by Gasteiger charge is -2.10. The fourth-order valence-electron chi connectivity index (χ4n) is 3.14. The molecule has 0 atom stereocenters. The van der Waals surface area contributed by atoms with E-state index in [1.54, 1.807) is 14.2 Å². The molecule has 0 aliphatic heterocycles. The normalized spacial score (nSPS) is 11.0. The van der Waals surface area contributed by atoms with Gasteiger partial charge in [0.25, 0.3) is 0 Å². The van der Waals surface area contributed by atoms with Crippen molar-refractivity contribution in [1.29, 1.82) is 0 Å². The van der Waals surface area contributed by atoms with E-state index >= 15 is 0 Å².